The minimum Gasteiger partial charge on any atom is -0.394 e. The summed E-state index contributed by atoms with van der Waals surface area (Å²) in [5.41, 5.74) is 1.80. The summed E-state index contributed by atoms with van der Waals surface area (Å²) >= 11 is 11.7. The van der Waals surface area contributed by atoms with E-state index in [0.29, 0.717) is 30.3 Å². The second-order valence-electron chi connectivity index (χ2n) is 8.44. The number of Topliss-reactive ketones (excluding diaryl/α,β-unsaturated/α-hetero) is 1. The molecule has 0 spiro atoms. The van der Waals surface area contributed by atoms with Gasteiger partial charge in [-0.25, -0.2) is 4.79 Å². The molecule has 9 nitrogen and oxygen atoms in total. The van der Waals surface area contributed by atoms with Crippen LogP contribution < -0.4 is 10.6 Å². The Morgan fingerprint density at radius 2 is 1.77 bits per heavy atom. The SMILES string of the molecule is O=C(CCCc1ccc(N(CCCl)CCCl)cc1)Cc1ccn(C2OC(CO)C(O)C2O)c(=O)n1. The van der Waals surface area contributed by atoms with Crippen molar-refractivity contribution in [3.63, 3.8) is 0 Å². The van der Waals surface area contributed by atoms with Crippen LogP contribution in [0, 0.1) is 0 Å². The van der Waals surface area contributed by atoms with Gasteiger partial charge in [0.1, 0.15) is 24.1 Å². The Labute approximate surface area is 213 Å². The number of aliphatic hydroxyl groups is 3. The summed E-state index contributed by atoms with van der Waals surface area (Å²) in [6.07, 6.45) is -1.67. The smallest absolute Gasteiger partial charge is 0.350 e. The third-order valence-corrected chi connectivity index (χ3v) is 6.33. The van der Waals surface area contributed by atoms with Crippen molar-refractivity contribution in [2.75, 3.05) is 36.4 Å². The number of hydrogen-bond acceptors (Lipinski definition) is 8. The first-order chi connectivity index (χ1) is 16.9. The first kappa shape index (κ1) is 27.6. The summed E-state index contributed by atoms with van der Waals surface area (Å²) in [5.74, 6) is 1.01. The van der Waals surface area contributed by atoms with Crippen LogP contribution in [0.2, 0.25) is 0 Å². The fourth-order valence-corrected chi connectivity index (χ4v) is 4.49. The molecule has 0 radical (unpaired) electrons. The number of aromatic nitrogens is 2. The quantitative estimate of drug-likeness (QED) is 0.332. The summed E-state index contributed by atoms with van der Waals surface area (Å²) in [6, 6.07) is 9.65. The Bertz CT molecular complexity index is 1010. The molecule has 1 aliphatic rings. The highest BCUT2D eigenvalue weighted by Crippen LogP contribution is 2.28. The van der Waals surface area contributed by atoms with Crippen molar-refractivity contribution in [2.24, 2.45) is 0 Å². The van der Waals surface area contributed by atoms with Crippen molar-refractivity contribution in [3.05, 3.63) is 58.3 Å². The molecule has 35 heavy (non-hydrogen) atoms. The Morgan fingerprint density at radius 1 is 1.09 bits per heavy atom. The lowest BCUT2D eigenvalue weighted by Gasteiger charge is -2.23. The summed E-state index contributed by atoms with van der Waals surface area (Å²) in [6.45, 7) is 0.953. The van der Waals surface area contributed by atoms with E-state index in [9.17, 15) is 24.9 Å². The van der Waals surface area contributed by atoms with Crippen molar-refractivity contribution >= 4 is 34.7 Å². The highest BCUT2D eigenvalue weighted by Gasteiger charge is 2.43. The number of alkyl halides is 2. The topological polar surface area (TPSA) is 125 Å². The molecule has 4 atom stereocenters. The average molecular weight is 528 g/mol. The van der Waals surface area contributed by atoms with Gasteiger partial charge in [-0.2, -0.15) is 4.98 Å². The Kier molecular flexibility index (Phi) is 10.5. The summed E-state index contributed by atoms with van der Waals surface area (Å²) in [5, 5.41) is 29.2. The summed E-state index contributed by atoms with van der Waals surface area (Å²) in [7, 11) is 0. The van der Waals surface area contributed by atoms with E-state index in [0.717, 1.165) is 35.3 Å². The van der Waals surface area contributed by atoms with Gasteiger partial charge in [-0.05, 0) is 36.6 Å². The first-order valence-corrected chi connectivity index (χ1v) is 12.6. The minimum atomic E-state index is -1.38. The molecule has 3 rings (SSSR count). The zero-order valence-electron chi connectivity index (χ0n) is 19.3. The lowest BCUT2D eigenvalue weighted by molar-refractivity contribution is -0.118. The lowest BCUT2D eigenvalue weighted by atomic mass is 10.0. The second kappa shape index (κ2) is 13.3. The standard InChI is InChI=1S/C24H31Cl2N3O6/c25-9-12-28(13-10-26)18-6-4-16(5-7-18)2-1-3-19(31)14-17-8-11-29(24(34)27-17)23-22(33)21(32)20(15-30)35-23/h4-8,11,20-23,30,32-33H,1-3,9-10,12-15H2. The van der Waals surface area contributed by atoms with Crippen LogP contribution >= 0.6 is 23.2 Å². The van der Waals surface area contributed by atoms with Gasteiger partial charge < -0.3 is 25.0 Å². The van der Waals surface area contributed by atoms with Gasteiger partial charge in [0.25, 0.3) is 0 Å². The molecule has 2 heterocycles. The molecule has 192 valence electrons. The summed E-state index contributed by atoms with van der Waals surface area (Å²) in [4.78, 5) is 30.9. The van der Waals surface area contributed by atoms with E-state index in [-0.39, 0.29) is 12.2 Å². The number of nitrogens with zero attached hydrogens (tertiary/aromatic N) is 3. The first-order valence-electron chi connectivity index (χ1n) is 11.6. The molecule has 0 bridgehead atoms. The minimum absolute atomic E-state index is 0.0246. The maximum atomic E-state index is 12.4. The Balaban J connectivity index is 1.49. The van der Waals surface area contributed by atoms with Crippen molar-refractivity contribution in [3.8, 4) is 0 Å². The average Bonchev–Trinajstić information content (AvgIpc) is 3.13. The van der Waals surface area contributed by atoms with Gasteiger partial charge in [0.05, 0.1) is 12.3 Å². The largest absolute Gasteiger partial charge is 0.394 e. The van der Waals surface area contributed by atoms with Crippen molar-refractivity contribution in [1.29, 1.82) is 0 Å². The van der Waals surface area contributed by atoms with Crippen LogP contribution in [0.25, 0.3) is 0 Å². The van der Waals surface area contributed by atoms with E-state index in [4.69, 9.17) is 27.9 Å². The normalized spacial score (nSPS) is 21.9. The van der Waals surface area contributed by atoms with Crippen LogP contribution in [-0.2, 0) is 22.4 Å². The fourth-order valence-electron chi connectivity index (χ4n) is 4.08. The third kappa shape index (κ3) is 7.25. The molecule has 11 heteroatoms. The van der Waals surface area contributed by atoms with Crippen molar-refractivity contribution < 1.29 is 24.9 Å². The fraction of sp³-hybridized carbons (Fsp3) is 0.542. The Hall–Kier alpha value is -2.01. The molecule has 1 aromatic carbocycles. The van der Waals surface area contributed by atoms with Gasteiger partial charge in [-0.15, -0.1) is 23.2 Å². The third-order valence-electron chi connectivity index (χ3n) is 5.99. The summed E-state index contributed by atoms with van der Waals surface area (Å²) < 4.78 is 6.40. The van der Waals surface area contributed by atoms with E-state index < -0.39 is 36.8 Å². The van der Waals surface area contributed by atoms with Crippen LogP contribution in [0.3, 0.4) is 0 Å². The molecular formula is C24H31Cl2N3O6. The molecule has 3 N–H and O–H groups in total. The van der Waals surface area contributed by atoms with Gasteiger partial charge in [0, 0.05) is 49.6 Å². The predicted octanol–water partition coefficient (Wildman–Crippen LogP) is 1.27. The monoisotopic (exact) mass is 527 g/mol. The van der Waals surface area contributed by atoms with Gasteiger partial charge >= 0.3 is 5.69 Å². The maximum absolute atomic E-state index is 12.4. The van der Waals surface area contributed by atoms with Crippen LogP contribution in [-0.4, -0.2) is 80.4 Å². The number of aliphatic hydroxyl groups excluding tert-OH is 3. The molecular weight excluding hydrogens is 497 g/mol. The lowest BCUT2D eigenvalue weighted by Crippen LogP contribution is -2.36. The predicted molar refractivity (Wildman–Crippen MR) is 133 cm³/mol. The Morgan fingerprint density at radius 3 is 2.34 bits per heavy atom. The molecule has 1 aromatic heterocycles. The molecule has 0 amide bonds. The number of benzene rings is 1. The number of ether oxygens (including phenoxy) is 1. The number of ketones is 1. The molecule has 1 fully saturated rings. The van der Waals surface area contributed by atoms with E-state index in [2.05, 4.69) is 9.88 Å². The van der Waals surface area contributed by atoms with E-state index in [1.165, 1.54) is 12.3 Å². The highest BCUT2D eigenvalue weighted by molar-refractivity contribution is 6.18. The molecule has 2 aromatic rings. The van der Waals surface area contributed by atoms with E-state index in [1.54, 1.807) is 0 Å². The van der Waals surface area contributed by atoms with Crippen molar-refractivity contribution in [2.45, 2.75) is 50.2 Å². The molecule has 1 aliphatic heterocycles. The molecule has 0 aliphatic carbocycles. The zero-order valence-corrected chi connectivity index (χ0v) is 20.8. The number of hydrogen-bond donors (Lipinski definition) is 3. The van der Waals surface area contributed by atoms with Gasteiger partial charge in [0.15, 0.2) is 6.23 Å². The van der Waals surface area contributed by atoms with Gasteiger partial charge in [-0.1, -0.05) is 12.1 Å². The second-order valence-corrected chi connectivity index (χ2v) is 9.19. The number of aryl methyl sites for hydroxylation is 1. The molecule has 4 unspecified atom stereocenters. The molecule has 1 saturated heterocycles. The van der Waals surface area contributed by atoms with Crippen LogP contribution in [0.1, 0.15) is 30.3 Å². The zero-order chi connectivity index (χ0) is 25.4. The number of anilines is 1. The van der Waals surface area contributed by atoms with Crippen LogP contribution in [0.4, 0.5) is 5.69 Å². The number of rotatable bonds is 13. The van der Waals surface area contributed by atoms with E-state index >= 15 is 0 Å². The molecule has 0 saturated carbocycles. The maximum Gasteiger partial charge on any atom is 0.350 e. The van der Waals surface area contributed by atoms with Crippen molar-refractivity contribution in [1.82, 2.24) is 9.55 Å². The number of carbonyl (C=O) groups excluding carboxylic acids is 1. The van der Waals surface area contributed by atoms with Crippen LogP contribution in [0.15, 0.2) is 41.3 Å². The highest BCUT2D eigenvalue weighted by atomic mass is 35.5. The van der Waals surface area contributed by atoms with Crippen LogP contribution in [0.5, 0.6) is 0 Å². The van der Waals surface area contributed by atoms with Gasteiger partial charge in [-0.3, -0.25) is 9.36 Å². The van der Waals surface area contributed by atoms with Gasteiger partial charge in [0.2, 0.25) is 0 Å². The van der Waals surface area contributed by atoms with E-state index in [1.807, 2.05) is 24.3 Å². The number of halogens is 2. The number of carbonyl (C=O) groups is 1.